The molecular weight excluding hydrogens is 320 g/mol. The molecule has 0 unspecified atom stereocenters. The second-order valence-corrected chi connectivity index (χ2v) is 6.18. The Hall–Kier alpha value is -2.99. The van der Waals surface area contributed by atoms with Gasteiger partial charge in [0, 0.05) is 35.1 Å². The second-order valence-electron chi connectivity index (χ2n) is 5.32. The number of rotatable bonds is 4. The molecule has 1 amide bonds. The van der Waals surface area contributed by atoms with Crippen LogP contribution in [0.15, 0.2) is 66.4 Å². The molecule has 0 aliphatic heterocycles. The first-order chi connectivity index (χ1) is 11.8. The Balaban J connectivity index is 1.48. The van der Waals surface area contributed by atoms with Crippen molar-refractivity contribution in [2.45, 2.75) is 6.54 Å². The Bertz CT molecular complexity index is 990. The van der Waals surface area contributed by atoms with Gasteiger partial charge in [0.25, 0.3) is 0 Å². The van der Waals surface area contributed by atoms with Crippen LogP contribution in [0.25, 0.3) is 22.2 Å². The van der Waals surface area contributed by atoms with Crippen LogP contribution in [0.3, 0.4) is 0 Å². The van der Waals surface area contributed by atoms with E-state index in [1.807, 2.05) is 58.6 Å². The van der Waals surface area contributed by atoms with E-state index in [1.165, 1.54) is 11.3 Å². The minimum Gasteiger partial charge on any atom is -0.338 e. The number of nitrogens with zero attached hydrogens (tertiary/aromatic N) is 3. The monoisotopic (exact) mass is 334 g/mol. The number of pyridine rings is 1. The summed E-state index contributed by atoms with van der Waals surface area (Å²) in [4.78, 5) is 20.8. The summed E-state index contributed by atoms with van der Waals surface area (Å²) >= 11 is 1.42. The fourth-order valence-corrected chi connectivity index (χ4v) is 3.31. The molecule has 5 nitrogen and oxygen atoms in total. The maximum absolute atomic E-state index is 12.3. The average Bonchev–Trinajstić information content (AvgIpc) is 3.23. The minimum atomic E-state index is -0.0908. The highest BCUT2D eigenvalue weighted by molar-refractivity contribution is 7.14. The molecule has 0 saturated carbocycles. The number of aromatic nitrogens is 3. The van der Waals surface area contributed by atoms with Crippen LogP contribution in [0, 0.1) is 0 Å². The van der Waals surface area contributed by atoms with Crippen LogP contribution in [0.4, 0.5) is 5.13 Å². The summed E-state index contributed by atoms with van der Waals surface area (Å²) in [7, 11) is 0. The number of hydrogen-bond donors (Lipinski definition) is 1. The number of benzene rings is 1. The van der Waals surface area contributed by atoms with E-state index in [-0.39, 0.29) is 12.5 Å². The molecule has 1 N–H and O–H groups in total. The lowest BCUT2D eigenvalue weighted by molar-refractivity contribution is -0.116. The number of hydrogen-bond acceptors (Lipinski definition) is 4. The van der Waals surface area contributed by atoms with Crippen LogP contribution in [0.5, 0.6) is 0 Å². The number of amides is 1. The maximum Gasteiger partial charge on any atom is 0.246 e. The van der Waals surface area contributed by atoms with Gasteiger partial charge in [-0.1, -0.05) is 18.2 Å². The zero-order valence-corrected chi connectivity index (χ0v) is 13.5. The van der Waals surface area contributed by atoms with E-state index in [1.54, 1.807) is 12.4 Å². The molecule has 0 bridgehead atoms. The van der Waals surface area contributed by atoms with Crippen LogP contribution in [-0.4, -0.2) is 20.4 Å². The van der Waals surface area contributed by atoms with Gasteiger partial charge < -0.3 is 9.88 Å². The first kappa shape index (κ1) is 14.6. The quantitative estimate of drug-likeness (QED) is 0.617. The molecule has 0 atom stereocenters. The summed E-state index contributed by atoms with van der Waals surface area (Å²) in [5, 5.41) is 6.52. The summed E-state index contributed by atoms with van der Waals surface area (Å²) in [6, 6.07) is 13.8. The fourth-order valence-electron chi connectivity index (χ4n) is 2.58. The number of anilines is 1. The molecule has 1 aromatic carbocycles. The van der Waals surface area contributed by atoms with Crippen LogP contribution < -0.4 is 5.32 Å². The van der Waals surface area contributed by atoms with E-state index in [0.717, 1.165) is 22.2 Å². The highest BCUT2D eigenvalue weighted by atomic mass is 32.1. The summed E-state index contributed by atoms with van der Waals surface area (Å²) in [5.74, 6) is -0.0908. The van der Waals surface area contributed by atoms with Crippen LogP contribution in [0.2, 0.25) is 0 Å². The van der Waals surface area contributed by atoms with Crippen LogP contribution in [-0.2, 0) is 11.3 Å². The Morgan fingerprint density at radius 3 is 2.83 bits per heavy atom. The van der Waals surface area contributed by atoms with Crippen molar-refractivity contribution in [3.05, 3.63) is 66.4 Å². The number of thiazole rings is 1. The molecule has 0 fully saturated rings. The van der Waals surface area contributed by atoms with Crippen molar-refractivity contribution < 1.29 is 4.79 Å². The lowest BCUT2D eigenvalue weighted by Crippen LogP contribution is -2.18. The zero-order valence-electron chi connectivity index (χ0n) is 12.7. The van der Waals surface area contributed by atoms with Gasteiger partial charge in [0.05, 0.1) is 5.69 Å². The SMILES string of the molecule is O=C(Cn1ccc2ccccc21)Nc1nc(-c2ccncc2)cs1. The van der Waals surface area contributed by atoms with Crippen molar-refractivity contribution in [2.75, 3.05) is 5.32 Å². The normalized spacial score (nSPS) is 10.8. The van der Waals surface area contributed by atoms with Crippen LogP contribution in [0.1, 0.15) is 0 Å². The summed E-state index contributed by atoms with van der Waals surface area (Å²) < 4.78 is 1.93. The molecule has 3 heterocycles. The first-order valence-corrected chi connectivity index (χ1v) is 8.37. The summed E-state index contributed by atoms with van der Waals surface area (Å²) in [6.45, 7) is 0.262. The van der Waals surface area contributed by atoms with Crippen molar-refractivity contribution in [3.8, 4) is 11.3 Å². The fraction of sp³-hybridized carbons (Fsp3) is 0.0556. The van der Waals surface area contributed by atoms with Gasteiger partial charge in [-0.3, -0.25) is 9.78 Å². The zero-order chi connectivity index (χ0) is 16.4. The van der Waals surface area contributed by atoms with Gasteiger partial charge in [0.15, 0.2) is 5.13 Å². The van der Waals surface area contributed by atoms with E-state index in [4.69, 9.17) is 0 Å². The van der Waals surface area contributed by atoms with Crippen molar-refractivity contribution >= 4 is 33.3 Å². The molecular formula is C18H14N4OS. The standard InChI is InChI=1S/C18H14N4OS/c23-17(11-22-10-7-14-3-1-2-4-16(14)22)21-18-20-15(12-24-18)13-5-8-19-9-6-13/h1-10,12H,11H2,(H,20,21,23). The van der Waals surface area contributed by atoms with Gasteiger partial charge in [0.2, 0.25) is 5.91 Å². The third-order valence-electron chi connectivity index (χ3n) is 3.72. The van der Waals surface area contributed by atoms with Gasteiger partial charge in [0.1, 0.15) is 6.54 Å². The van der Waals surface area contributed by atoms with E-state index < -0.39 is 0 Å². The van der Waals surface area contributed by atoms with Crippen molar-refractivity contribution in [1.82, 2.24) is 14.5 Å². The Labute approximate surface area is 142 Å². The average molecular weight is 334 g/mol. The highest BCUT2D eigenvalue weighted by Gasteiger charge is 2.10. The molecule has 4 aromatic rings. The molecule has 0 aliphatic rings. The Kier molecular flexibility index (Phi) is 3.80. The molecule has 24 heavy (non-hydrogen) atoms. The Morgan fingerprint density at radius 1 is 1.12 bits per heavy atom. The lowest BCUT2D eigenvalue weighted by atomic mass is 10.2. The van der Waals surface area contributed by atoms with Gasteiger partial charge >= 0.3 is 0 Å². The molecule has 3 aromatic heterocycles. The first-order valence-electron chi connectivity index (χ1n) is 7.49. The molecule has 0 spiro atoms. The number of carbonyl (C=O) groups excluding carboxylic acids is 1. The van der Waals surface area contributed by atoms with Crippen molar-refractivity contribution in [2.24, 2.45) is 0 Å². The summed E-state index contributed by atoms with van der Waals surface area (Å²) in [6.07, 6.45) is 5.38. The molecule has 0 aliphatic carbocycles. The van der Waals surface area contributed by atoms with Gasteiger partial charge in [-0.2, -0.15) is 0 Å². The molecule has 6 heteroatoms. The van der Waals surface area contributed by atoms with Gasteiger partial charge in [-0.15, -0.1) is 11.3 Å². The Morgan fingerprint density at radius 2 is 1.96 bits per heavy atom. The van der Waals surface area contributed by atoms with Crippen LogP contribution >= 0.6 is 11.3 Å². The summed E-state index contributed by atoms with van der Waals surface area (Å²) in [5.41, 5.74) is 2.87. The van der Waals surface area contributed by atoms with E-state index in [9.17, 15) is 4.79 Å². The van der Waals surface area contributed by atoms with E-state index >= 15 is 0 Å². The largest absolute Gasteiger partial charge is 0.338 e. The van der Waals surface area contributed by atoms with Crippen molar-refractivity contribution in [3.63, 3.8) is 0 Å². The van der Waals surface area contributed by atoms with Gasteiger partial charge in [-0.25, -0.2) is 4.98 Å². The number of nitrogens with one attached hydrogen (secondary N) is 1. The number of fused-ring (bicyclic) bond motifs is 1. The van der Waals surface area contributed by atoms with E-state index in [2.05, 4.69) is 15.3 Å². The number of carbonyl (C=O) groups is 1. The molecule has 4 rings (SSSR count). The predicted molar refractivity (Wildman–Crippen MR) is 95.9 cm³/mol. The minimum absolute atomic E-state index is 0.0908. The second kappa shape index (κ2) is 6.25. The third-order valence-corrected chi connectivity index (χ3v) is 4.48. The highest BCUT2D eigenvalue weighted by Crippen LogP contribution is 2.24. The number of para-hydroxylation sites is 1. The van der Waals surface area contributed by atoms with Gasteiger partial charge in [-0.05, 0) is 29.7 Å². The maximum atomic E-state index is 12.3. The van der Waals surface area contributed by atoms with Crippen molar-refractivity contribution in [1.29, 1.82) is 0 Å². The third kappa shape index (κ3) is 2.91. The smallest absolute Gasteiger partial charge is 0.246 e. The molecule has 0 saturated heterocycles. The molecule has 118 valence electrons. The molecule has 0 radical (unpaired) electrons. The lowest BCUT2D eigenvalue weighted by Gasteiger charge is -2.05. The topological polar surface area (TPSA) is 59.8 Å². The van der Waals surface area contributed by atoms with E-state index in [0.29, 0.717) is 5.13 Å². The predicted octanol–water partition coefficient (Wildman–Crippen LogP) is 3.80.